The molecule has 2 unspecified atom stereocenters. The molecule has 0 spiro atoms. The second-order valence-electron chi connectivity index (χ2n) is 8.67. The van der Waals surface area contributed by atoms with E-state index >= 15 is 0 Å². The van der Waals surface area contributed by atoms with Crippen LogP contribution in [-0.2, 0) is 28.8 Å². The maximum absolute atomic E-state index is 13.0. The number of carbonyl (C=O) groups is 3. The zero-order valence-corrected chi connectivity index (χ0v) is 19.2. The van der Waals surface area contributed by atoms with Gasteiger partial charge in [-0.1, -0.05) is 13.3 Å². The highest BCUT2D eigenvalue weighted by molar-refractivity contribution is 7.93. The summed E-state index contributed by atoms with van der Waals surface area (Å²) in [6, 6.07) is -1.06. The third-order valence-corrected chi connectivity index (χ3v) is 5.61. The lowest BCUT2D eigenvalue weighted by Crippen LogP contribution is -2.46. The van der Waals surface area contributed by atoms with Crippen molar-refractivity contribution in [2.45, 2.75) is 91.9 Å². The summed E-state index contributed by atoms with van der Waals surface area (Å²) in [5.74, 6) is -0.920. The van der Waals surface area contributed by atoms with Gasteiger partial charge in [0.2, 0.25) is 0 Å². The van der Waals surface area contributed by atoms with Crippen LogP contribution in [0.1, 0.15) is 74.7 Å². The summed E-state index contributed by atoms with van der Waals surface area (Å²) in [6.07, 6.45) is 0.697. The number of amides is 2. The predicted molar refractivity (Wildman–Crippen MR) is 110 cm³/mol. The Balaban J connectivity index is 5.44. The summed E-state index contributed by atoms with van der Waals surface area (Å²) in [6.45, 7) is 13.5. The van der Waals surface area contributed by atoms with Gasteiger partial charge in [0.25, 0.3) is 5.91 Å². The molecule has 1 N–H and O–H groups in total. The Labute approximate surface area is 169 Å². The van der Waals surface area contributed by atoms with Crippen molar-refractivity contribution in [2.75, 3.05) is 11.5 Å². The van der Waals surface area contributed by atoms with Crippen LogP contribution in [-0.4, -0.2) is 50.9 Å². The average Bonchev–Trinajstić information content (AvgIpc) is 2.45. The van der Waals surface area contributed by atoms with E-state index in [-0.39, 0.29) is 17.9 Å². The molecule has 28 heavy (non-hydrogen) atoms. The lowest BCUT2D eigenvalue weighted by atomic mass is 10.1. The van der Waals surface area contributed by atoms with E-state index in [0.717, 1.165) is 6.42 Å². The van der Waals surface area contributed by atoms with Gasteiger partial charge >= 0.3 is 12.1 Å². The number of carbonyl (C=O) groups excluding carboxylic acids is 3. The van der Waals surface area contributed by atoms with Gasteiger partial charge in [0, 0.05) is 18.4 Å². The van der Waals surface area contributed by atoms with Crippen LogP contribution in [0, 0.1) is 0 Å². The Morgan fingerprint density at radius 1 is 1.00 bits per heavy atom. The molecule has 0 aliphatic carbocycles. The quantitative estimate of drug-likeness (QED) is 0.602. The maximum Gasteiger partial charge on any atom is 0.408 e. The monoisotopic (exact) mass is 420 g/mol. The standard InChI is InChI=1S/C19H36N2O6S/c1-9-10-12-28(25,21-14(2)22)13-11-15(16(23)26-18(3,4)5)20-17(24)27-19(6,7)8/h15H,9-13H2,1-8H3,(H,20,24). The van der Waals surface area contributed by atoms with Crippen molar-refractivity contribution in [1.82, 2.24) is 5.32 Å². The Morgan fingerprint density at radius 3 is 1.96 bits per heavy atom. The molecule has 0 heterocycles. The van der Waals surface area contributed by atoms with Crippen LogP contribution in [0.3, 0.4) is 0 Å². The molecule has 2 atom stereocenters. The summed E-state index contributed by atoms with van der Waals surface area (Å²) in [5, 5.41) is 2.49. The minimum Gasteiger partial charge on any atom is -0.458 e. The highest BCUT2D eigenvalue weighted by Gasteiger charge is 2.29. The van der Waals surface area contributed by atoms with Crippen LogP contribution >= 0.6 is 0 Å². The first-order valence-corrected chi connectivity index (χ1v) is 11.4. The number of nitrogens with one attached hydrogen (secondary N) is 1. The Kier molecular flexibility index (Phi) is 10.2. The van der Waals surface area contributed by atoms with E-state index < -0.39 is 44.9 Å². The zero-order valence-electron chi connectivity index (χ0n) is 18.4. The first-order valence-electron chi connectivity index (χ1n) is 9.52. The van der Waals surface area contributed by atoms with Gasteiger partial charge in [0.05, 0.1) is 9.73 Å². The molecule has 8 nitrogen and oxygen atoms in total. The average molecular weight is 421 g/mol. The van der Waals surface area contributed by atoms with Gasteiger partial charge in [-0.2, -0.15) is 4.36 Å². The molecular formula is C19H36N2O6S. The van der Waals surface area contributed by atoms with Gasteiger partial charge in [-0.25, -0.2) is 13.8 Å². The molecular weight excluding hydrogens is 384 g/mol. The van der Waals surface area contributed by atoms with E-state index in [0.29, 0.717) is 6.42 Å². The zero-order chi connectivity index (χ0) is 22.2. The van der Waals surface area contributed by atoms with Crippen LogP contribution in [0.25, 0.3) is 0 Å². The second kappa shape index (κ2) is 10.8. The molecule has 0 saturated heterocycles. The largest absolute Gasteiger partial charge is 0.458 e. The smallest absolute Gasteiger partial charge is 0.408 e. The second-order valence-corrected chi connectivity index (χ2v) is 11.2. The van der Waals surface area contributed by atoms with Crippen LogP contribution in [0.4, 0.5) is 4.79 Å². The molecule has 0 rings (SSSR count). The van der Waals surface area contributed by atoms with Crippen LogP contribution in [0.2, 0.25) is 0 Å². The van der Waals surface area contributed by atoms with Crippen molar-refractivity contribution < 1.29 is 28.1 Å². The van der Waals surface area contributed by atoms with Crippen molar-refractivity contribution >= 4 is 27.7 Å². The van der Waals surface area contributed by atoms with Crippen molar-refractivity contribution in [3.05, 3.63) is 0 Å². The fourth-order valence-corrected chi connectivity index (χ4v) is 4.37. The first-order chi connectivity index (χ1) is 12.6. The van der Waals surface area contributed by atoms with E-state index in [4.69, 9.17) is 9.47 Å². The number of hydrogen-bond acceptors (Lipinski definition) is 6. The molecule has 0 fully saturated rings. The van der Waals surface area contributed by atoms with Gasteiger partial charge in [0.15, 0.2) is 0 Å². The third kappa shape index (κ3) is 12.7. The lowest BCUT2D eigenvalue weighted by Gasteiger charge is -2.26. The molecule has 0 aromatic carbocycles. The van der Waals surface area contributed by atoms with Gasteiger partial charge in [-0.3, -0.25) is 4.79 Å². The summed E-state index contributed by atoms with van der Waals surface area (Å²) < 4.78 is 27.3. The van der Waals surface area contributed by atoms with Crippen molar-refractivity contribution in [3.63, 3.8) is 0 Å². The topological polar surface area (TPSA) is 111 Å². The SMILES string of the molecule is CCCCS(=O)(CCC(NC(=O)OC(C)(C)C)C(=O)OC(C)(C)C)=NC(C)=O. The highest BCUT2D eigenvalue weighted by Crippen LogP contribution is 2.14. The molecule has 0 aliphatic rings. The number of rotatable bonds is 8. The maximum atomic E-state index is 13.0. The molecule has 0 aromatic heterocycles. The van der Waals surface area contributed by atoms with Crippen molar-refractivity contribution in [1.29, 1.82) is 0 Å². The summed E-state index contributed by atoms with van der Waals surface area (Å²) in [5.41, 5.74) is -1.49. The van der Waals surface area contributed by atoms with E-state index in [1.165, 1.54) is 6.92 Å². The van der Waals surface area contributed by atoms with E-state index in [1.54, 1.807) is 41.5 Å². The number of alkyl carbamates (subject to hydrolysis) is 1. The number of ether oxygens (including phenoxy) is 2. The number of esters is 1. The third-order valence-electron chi connectivity index (χ3n) is 3.22. The van der Waals surface area contributed by atoms with Crippen LogP contribution in [0.15, 0.2) is 4.36 Å². The van der Waals surface area contributed by atoms with Gasteiger partial charge in [0.1, 0.15) is 17.2 Å². The Hall–Kier alpha value is -1.64. The molecule has 0 aromatic rings. The van der Waals surface area contributed by atoms with E-state index in [2.05, 4.69) is 9.68 Å². The predicted octanol–water partition coefficient (Wildman–Crippen LogP) is 3.43. The Bertz CT molecular complexity index is 667. The Morgan fingerprint density at radius 2 is 1.54 bits per heavy atom. The normalized spacial score (nSPS) is 15.1. The van der Waals surface area contributed by atoms with E-state index in [1.807, 2.05) is 6.92 Å². The molecule has 164 valence electrons. The van der Waals surface area contributed by atoms with Gasteiger partial charge in [-0.15, -0.1) is 0 Å². The molecule has 0 aliphatic heterocycles. The van der Waals surface area contributed by atoms with E-state index in [9.17, 15) is 18.6 Å². The lowest BCUT2D eigenvalue weighted by molar-refractivity contribution is -0.157. The van der Waals surface area contributed by atoms with Crippen LogP contribution < -0.4 is 5.32 Å². The molecule has 0 saturated carbocycles. The summed E-state index contributed by atoms with van der Waals surface area (Å²) >= 11 is 0. The fraction of sp³-hybridized carbons (Fsp3) is 0.842. The molecule has 0 bridgehead atoms. The molecule has 2 amide bonds. The first kappa shape index (κ1) is 26.4. The van der Waals surface area contributed by atoms with Gasteiger partial charge in [-0.05, 0) is 54.4 Å². The highest BCUT2D eigenvalue weighted by atomic mass is 32.2. The van der Waals surface area contributed by atoms with Crippen molar-refractivity contribution in [3.8, 4) is 0 Å². The molecule has 0 radical (unpaired) electrons. The summed E-state index contributed by atoms with van der Waals surface area (Å²) in [7, 11) is -2.82. The number of nitrogens with zero attached hydrogens (tertiary/aromatic N) is 1. The minimum absolute atomic E-state index is 0.00765. The fourth-order valence-electron chi connectivity index (χ4n) is 2.17. The summed E-state index contributed by atoms with van der Waals surface area (Å²) in [4.78, 5) is 36.0. The number of unbranched alkanes of at least 4 members (excludes halogenated alkanes) is 1. The number of hydrogen-bond donors (Lipinski definition) is 1. The van der Waals surface area contributed by atoms with Crippen molar-refractivity contribution in [2.24, 2.45) is 4.36 Å². The molecule has 9 heteroatoms. The van der Waals surface area contributed by atoms with Crippen LogP contribution in [0.5, 0.6) is 0 Å². The minimum atomic E-state index is -2.82. The van der Waals surface area contributed by atoms with Gasteiger partial charge < -0.3 is 14.8 Å².